The molecule has 1 aromatic carbocycles. The lowest BCUT2D eigenvalue weighted by molar-refractivity contribution is -0.120. The van der Waals surface area contributed by atoms with Gasteiger partial charge in [0.05, 0.1) is 17.4 Å². The number of likely N-dealkylation sites (tertiary alicyclic amines) is 1. The van der Waals surface area contributed by atoms with Crippen molar-refractivity contribution in [1.29, 1.82) is 0 Å². The van der Waals surface area contributed by atoms with Crippen molar-refractivity contribution in [3.63, 3.8) is 0 Å². The molecule has 0 radical (unpaired) electrons. The van der Waals surface area contributed by atoms with Gasteiger partial charge in [-0.15, -0.1) is 0 Å². The van der Waals surface area contributed by atoms with Gasteiger partial charge < -0.3 is 14.8 Å². The van der Waals surface area contributed by atoms with Gasteiger partial charge in [-0.1, -0.05) is 12.1 Å². The number of nitrogens with one attached hydrogen (secondary N) is 1. The largest absolute Gasteiger partial charge is 0.456 e. The van der Waals surface area contributed by atoms with Crippen LogP contribution in [0, 0.1) is 5.82 Å². The number of aromatic nitrogens is 1. The summed E-state index contributed by atoms with van der Waals surface area (Å²) >= 11 is 0. The first-order chi connectivity index (χ1) is 16.2. The Hall–Kier alpha value is -3.49. The third-order valence-corrected chi connectivity index (χ3v) is 5.09. The number of benzene rings is 1. The van der Waals surface area contributed by atoms with Crippen molar-refractivity contribution in [3.8, 4) is 11.3 Å². The summed E-state index contributed by atoms with van der Waals surface area (Å²) in [6.45, 7) is 11.0. The molecule has 0 saturated carbocycles. The molecule has 0 aliphatic carbocycles. The summed E-state index contributed by atoms with van der Waals surface area (Å²) in [5.41, 5.74) is -0.216. The fraction of sp³-hybridized carbons (Fsp3) is 0.462. The molecule has 1 aliphatic rings. The number of pyridine rings is 1. The van der Waals surface area contributed by atoms with E-state index >= 15 is 0 Å². The van der Waals surface area contributed by atoms with Crippen molar-refractivity contribution < 1.29 is 28.2 Å². The number of amides is 2. The Kier molecular flexibility index (Phi) is 7.47. The normalized spacial score (nSPS) is 16.1. The number of carbonyl (C=O) groups is 3. The van der Waals surface area contributed by atoms with Crippen LogP contribution in [-0.2, 0) is 14.3 Å². The number of halogens is 1. The standard InChI is InChI=1S/C26H32FN3O5/c1-25(2,3)34-23(32)17-11-9-16(10-12-17)21-19(27)14-18(15-28-21)29-22(31)20-8-7-13-30(20)24(33)35-26(4,5)6/h9-12,14-15,20H,7-8,13H2,1-6H3,(H,29,31)/t20-/m1/s1. The van der Waals surface area contributed by atoms with Crippen LogP contribution in [0.2, 0.25) is 0 Å². The van der Waals surface area contributed by atoms with E-state index in [4.69, 9.17) is 9.47 Å². The second-order valence-electron chi connectivity index (χ2n) is 10.5. The highest BCUT2D eigenvalue weighted by Crippen LogP contribution is 2.26. The summed E-state index contributed by atoms with van der Waals surface area (Å²) in [5, 5.41) is 2.64. The molecule has 1 aromatic heterocycles. The molecule has 0 unspecified atom stereocenters. The maximum absolute atomic E-state index is 14.8. The lowest BCUT2D eigenvalue weighted by Gasteiger charge is -2.28. The van der Waals surface area contributed by atoms with Gasteiger partial charge in [0.2, 0.25) is 5.91 Å². The molecule has 188 valence electrons. The minimum Gasteiger partial charge on any atom is -0.456 e. The zero-order valence-electron chi connectivity index (χ0n) is 21.0. The molecule has 2 heterocycles. The van der Waals surface area contributed by atoms with Crippen LogP contribution in [-0.4, -0.2) is 51.6 Å². The van der Waals surface area contributed by atoms with Gasteiger partial charge in [-0.05, 0) is 66.5 Å². The van der Waals surface area contributed by atoms with Gasteiger partial charge in [0.15, 0.2) is 5.82 Å². The van der Waals surface area contributed by atoms with Crippen LogP contribution in [0.15, 0.2) is 36.5 Å². The lowest BCUT2D eigenvalue weighted by atomic mass is 10.1. The molecule has 0 bridgehead atoms. The van der Waals surface area contributed by atoms with Crippen LogP contribution < -0.4 is 5.32 Å². The van der Waals surface area contributed by atoms with Gasteiger partial charge in [0, 0.05) is 18.2 Å². The van der Waals surface area contributed by atoms with E-state index < -0.39 is 41.0 Å². The Morgan fingerprint density at radius 2 is 1.66 bits per heavy atom. The Labute approximate surface area is 204 Å². The molecule has 2 aromatic rings. The minimum absolute atomic E-state index is 0.0787. The molecule has 1 atom stereocenters. The van der Waals surface area contributed by atoms with Crippen molar-refractivity contribution in [2.75, 3.05) is 11.9 Å². The highest BCUT2D eigenvalue weighted by molar-refractivity contribution is 5.97. The summed E-state index contributed by atoms with van der Waals surface area (Å²) in [5.74, 6) is -1.53. The fourth-order valence-corrected chi connectivity index (χ4v) is 3.62. The maximum atomic E-state index is 14.8. The third kappa shape index (κ3) is 7.00. The van der Waals surface area contributed by atoms with Crippen molar-refractivity contribution >= 4 is 23.7 Å². The first-order valence-corrected chi connectivity index (χ1v) is 11.5. The fourth-order valence-electron chi connectivity index (χ4n) is 3.62. The van der Waals surface area contributed by atoms with E-state index in [0.717, 1.165) is 0 Å². The van der Waals surface area contributed by atoms with Gasteiger partial charge in [0.25, 0.3) is 0 Å². The molecule has 2 amide bonds. The number of esters is 1. The molecular formula is C26H32FN3O5. The van der Waals surface area contributed by atoms with E-state index in [9.17, 15) is 18.8 Å². The van der Waals surface area contributed by atoms with E-state index in [1.807, 2.05) is 0 Å². The Morgan fingerprint density at radius 3 is 2.23 bits per heavy atom. The second-order valence-corrected chi connectivity index (χ2v) is 10.5. The highest BCUT2D eigenvalue weighted by Gasteiger charge is 2.36. The van der Waals surface area contributed by atoms with E-state index in [1.54, 1.807) is 65.8 Å². The lowest BCUT2D eigenvalue weighted by Crippen LogP contribution is -2.45. The Bertz CT molecular complexity index is 1100. The first-order valence-electron chi connectivity index (χ1n) is 11.5. The van der Waals surface area contributed by atoms with Crippen LogP contribution in [0.25, 0.3) is 11.3 Å². The van der Waals surface area contributed by atoms with Crippen molar-refractivity contribution in [2.45, 2.75) is 71.6 Å². The van der Waals surface area contributed by atoms with Gasteiger partial charge in [0.1, 0.15) is 22.9 Å². The molecule has 0 spiro atoms. The average molecular weight is 486 g/mol. The van der Waals surface area contributed by atoms with Crippen LogP contribution >= 0.6 is 0 Å². The maximum Gasteiger partial charge on any atom is 0.410 e. The van der Waals surface area contributed by atoms with E-state index in [2.05, 4.69) is 10.3 Å². The first kappa shape index (κ1) is 26.1. The zero-order valence-corrected chi connectivity index (χ0v) is 21.0. The number of rotatable bonds is 4. The van der Waals surface area contributed by atoms with Crippen LogP contribution in [0.1, 0.15) is 64.7 Å². The van der Waals surface area contributed by atoms with Gasteiger partial charge >= 0.3 is 12.1 Å². The molecular weight excluding hydrogens is 453 g/mol. The molecule has 3 rings (SSSR count). The Balaban J connectivity index is 1.69. The van der Waals surface area contributed by atoms with Gasteiger partial charge in [-0.3, -0.25) is 14.7 Å². The number of ether oxygens (including phenoxy) is 2. The SMILES string of the molecule is CC(C)(C)OC(=O)c1ccc(-c2ncc(NC(=O)[C@H]3CCCN3C(=O)OC(C)(C)C)cc2F)cc1. The van der Waals surface area contributed by atoms with Crippen LogP contribution in [0.4, 0.5) is 14.9 Å². The van der Waals surface area contributed by atoms with Gasteiger partial charge in [-0.2, -0.15) is 0 Å². The number of anilines is 1. The molecule has 35 heavy (non-hydrogen) atoms. The predicted octanol–water partition coefficient (Wildman–Crippen LogP) is 5.18. The zero-order chi connectivity index (χ0) is 26.0. The summed E-state index contributed by atoms with van der Waals surface area (Å²) in [6, 6.07) is 6.74. The average Bonchev–Trinajstić information content (AvgIpc) is 3.22. The number of nitrogens with zero attached hydrogens (tertiary/aromatic N) is 2. The van der Waals surface area contributed by atoms with Crippen molar-refractivity contribution in [2.24, 2.45) is 0 Å². The predicted molar refractivity (Wildman–Crippen MR) is 129 cm³/mol. The molecule has 1 N–H and O–H groups in total. The summed E-state index contributed by atoms with van der Waals surface area (Å²) in [6.07, 6.45) is 1.96. The number of carbonyl (C=O) groups excluding carboxylic acids is 3. The molecule has 8 nitrogen and oxygen atoms in total. The Morgan fingerprint density at radius 1 is 1.03 bits per heavy atom. The van der Waals surface area contributed by atoms with Gasteiger partial charge in [-0.25, -0.2) is 14.0 Å². The van der Waals surface area contributed by atoms with E-state index in [1.165, 1.54) is 17.2 Å². The number of hydrogen-bond acceptors (Lipinski definition) is 6. The topological polar surface area (TPSA) is 97.8 Å². The van der Waals surface area contributed by atoms with E-state index in [0.29, 0.717) is 30.5 Å². The summed E-state index contributed by atoms with van der Waals surface area (Å²) in [4.78, 5) is 43.0. The molecule has 9 heteroatoms. The number of hydrogen-bond donors (Lipinski definition) is 1. The molecule has 1 aliphatic heterocycles. The summed E-state index contributed by atoms with van der Waals surface area (Å²) in [7, 11) is 0. The monoisotopic (exact) mass is 485 g/mol. The van der Waals surface area contributed by atoms with Crippen LogP contribution in [0.5, 0.6) is 0 Å². The van der Waals surface area contributed by atoms with Crippen molar-refractivity contribution in [1.82, 2.24) is 9.88 Å². The van der Waals surface area contributed by atoms with Crippen molar-refractivity contribution in [3.05, 3.63) is 47.9 Å². The summed E-state index contributed by atoms with van der Waals surface area (Å²) < 4.78 is 25.6. The second kappa shape index (κ2) is 10.0. The van der Waals surface area contributed by atoms with Crippen LogP contribution in [0.3, 0.4) is 0 Å². The van der Waals surface area contributed by atoms with E-state index in [-0.39, 0.29) is 11.4 Å². The minimum atomic E-state index is -0.701. The third-order valence-electron chi connectivity index (χ3n) is 5.09. The quantitative estimate of drug-likeness (QED) is 0.599. The smallest absolute Gasteiger partial charge is 0.410 e. The molecule has 1 fully saturated rings. The molecule has 1 saturated heterocycles. The highest BCUT2D eigenvalue weighted by atomic mass is 19.1.